The van der Waals surface area contributed by atoms with Crippen LogP contribution in [0.25, 0.3) is 5.57 Å². The maximum absolute atomic E-state index is 14.3. The molecular weight excluding hydrogens is 620 g/mol. The molecule has 0 bridgehead atoms. The molecule has 6 rings (SSSR count). The maximum Gasteiger partial charge on any atom is 0.335 e. The third-order valence-corrected chi connectivity index (χ3v) is 15.5. The van der Waals surface area contributed by atoms with E-state index in [1.807, 2.05) is 12.1 Å². The highest BCUT2D eigenvalue weighted by atomic mass is 16.4. The normalized spacial score (nSPS) is 37.3. The van der Waals surface area contributed by atoms with Gasteiger partial charge in [-0.2, -0.15) is 0 Å². The number of carboxylic acids is 1. The lowest BCUT2D eigenvalue weighted by Gasteiger charge is -2.69. The van der Waals surface area contributed by atoms with E-state index in [1.54, 1.807) is 31.0 Å². The average molecular weight is 682 g/mol. The highest BCUT2D eigenvalue weighted by Gasteiger charge is 2.66. The van der Waals surface area contributed by atoms with Crippen molar-refractivity contribution in [3.05, 3.63) is 65.8 Å². The third kappa shape index (κ3) is 5.71. The van der Waals surface area contributed by atoms with Crippen molar-refractivity contribution in [3.8, 4) is 0 Å². The fourth-order valence-corrected chi connectivity index (χ4v) is 13.0. The first-order valence-corrected chi connectivity index (χ1v) is 19.3. The first kappa shape index (κ1) is 36.6. The fourth-order valence-electron chi connectivity index (χ4n) is 13.0. The summed E-state index contributed by atoms with van der Waals surface area (Å²) in [5.74, 6) is 2.00. The zero-order valence-electron chi connectivity index (χ0n) is 31.8. The third-order valence-electron chi connectivity index (χ3n) is 15.5. The second-order valence-electron chi connectivity index (χ2n) is 18.1. The number of hydrogen-bond donors (Lipinski definition) is 1. The largest absolute Gasteiger partial charge is 0.862 e. The molecule has 5 aliphatic carbocycles. The molecule has 0 aliphatic heterocycles. The van der Waals surface area contributed by atoms with Crippen molar-refractivity contribution in [2.45, 2.75) is 106 Å². The van der Waals surface area contributed by atoms with Gasteiger partial charge in [-0.3, -0.25) is 4.79 Å². The minimum atomic E-state index is -0.885. The molecule has 3 unspecified atom stereocenters. The van der Waals surface area contributed by atoms with Crippen molar-refractivity contribution in [2.75, 3.05) is 20.1 Å². The Hall–Kier alpha value is -3.15. The van der Waals surface area contributed by atoms with Crippen LogP contribution in [0.15, 0.2) is 59.6 Å². The summed E-state index contributed by atoms with van der Waals surface area (Å²) in [5.41, 5.74) is 4.96. The van der Waals surface area contributed by atoms with Gasteiger partial charge in [0.05, 0.1) is 5.56 Å². The van der Waals surface area contributed by atoms with Crippen molar-refractivity contribution in [1.82, 2.24) is 4.90 Å². The van der Waals surface area contributed by atoms with E-state index >= 15 is 0 Å². The van der Waals surface area contributed by atoms with Crippen LogP contribution in [0, 0.1) is 57.2 Å². The van der Waals surface area contributed by atoms with E-state index in [1.165, 1.54) is 24.8 Å². The highest BCUT2D eigenvalue weighted by Crippen LogP contribution is 2.74. The van der Waals surface area contributed by atoms with Gasteiger partial charge in [0.15, 0.2) is 0 Å². The minimum Gasteiger partial charge on any atom is -0.862 e. The van der Waals surface area contributed by atoms with Crippen LogP contribution in [-0.4, -0.2) is 47.9 Å². The van der Waals surface area contributed by atoms with E-state index < -0.39 is 11.4 Å². The standard InChI is InChI=1S/C44H62N2O4/c1-27(2)28(3)32-17-23-44(40(50)45-25-10-26-46(9)29(4)47)24-19-35-33(38(32)44)15-16-37-42(35,7)22-20-36-41(5,6)34(18-21-43(36,37)8)30-11-13-31(14-12-30)39(48)49/h11-14,18,32-33,35-38H,1,3,10,15-17,19-26H2,2,4-9H3,(H,45,50)(H,48,49)/p-1/t32-,33-,35?,36-,37?,38?,42-,43-,44-/m0/s1. The van der Waals surface area contributed by atoms with Crippen LogP contribution in [0.3, 0.4) is 0 Å². The maximum atomic E-state index is 14.3. The van der Waals surface area contributed by atoms with Gasteiger partial charge in [0.2, 0.25) is 5.91 Å². The SMILES string of the molecule is C=C(C)C(=C)[C@@H]1CC[C@]2(C([O-])=NCCCN(C)C(C)=O)CCC3[C@H](CCC4[C@@]3(C)CC[C@H]3C(C)(C)C(c5ccc(C(=O)O)cc5)=CC[C@]43C)C12. The summed E-state index contributed by atoms with van der Waals surface area (Å²) in [6.45, 7) is 23.7. The summed E-state index contributed by atoms with van der Waals surface area (Å²) in [5, 5.41) is 23.8. The van der Waals surface area contributed by atoms with Crippen LogP contribution < -0.4 is 5.11 Å². The monoisotopic (exact) mass is 681 g/mol. The number of carbonyl (C=O) groups excluding carboxylic acids is 1. The summed E-state index contributed by atoms with van der Waals surface area (Å²) in [6, 6.07) is 7.49. The minimum absolute atomic E-state index is 0.0272. The zero-order chi connectivity index (χ0) is 36.4. The summed E-state index contributed by atoms with van der Waals surface area (Å²) in [4.78, 5) is 29.7. The van der Waals surface area contributed by atoms with Gasteiger partial charge in [0.1, 0.15) is 0 Å². The molecule has 4 fully saturated rings. The van der Waals surface area contributed by atoms with Gasteiger partial charge in [-0.15, -0.1) is 0 Å². The van der Waals surface area contributed by atoms with E-state index in [2.05, 4.69) is 53.9 Å². The fraction of sp³-hybridized carbons (Fsp3) is 0.659. The van der Waals surface area contributed by atoms with Gasteiger partial charge in [-0.05, 0) is 158 Å². The van der Waals surface area contributed by atoms with Crippen molar-refractivity contribution in [2.24, 2.45) is 62.2 Å². The summed E-state index contributed by atoms with van der Waals surface area (Å²) < 4.78 is 0. The number of carbonyl (C=O) groups is 2. The van der Waals surface area contributed by atoms with Crippen LogP contribution >= 0.6 is 0 Å². The molecule has 0 radical (unpaired) electrons. The molecule has 9 atom stereocenters. The number of aliphatic imine (C=N–C) groups is 1. The predicted octanol–water partition coefficient (Wildman–Crippen LogP) is 8.83. The molecule has 5 aliphatic rings. The Labute approximate surface area is 301 Å². The zero-order valence-corrected chi connectivity index (χ0v) is 31.8. The number of nitrogens with zero attached hydrogens (tertiary/aromatic N) is 2. The topological polar surface area (TPSA) is 93.0 Å². The summed E-state index contributed by atoms with van der Waals surface area (Å²) in [6.07, 6.45) is 12.9. The number of fused-ring (bicyclic) bond motifs is 7. The molecule has 1 aromatic carbocycles. The van der Waals surface area contributed by atoms with E-state index in [0.717, 1.165) is 55.2 Å². The average Bonchev–Trinajstić information content (AvgIpc) is 3.47. The van der Waals surface area contributed by atoms with Crippen LogP contribution in [0.5, 0.6) is 0 Å². The van der Waals surface area contributed by atoms with Gasteiger partial charge in [0, 0.05) is 32.5 Å². The first-order valence-electron chi connectivity index (χ1n) is 19.3. The molecule has 50 heavy (non-hydrogen) atoms. The Kier molecular flexibility index (Phi) is 9.61. The van der Waals surface area contributed by atoms with Crippen LogP contribution in [0.2, 0.25) is 0 Å². The molecule has 1 amide bonds. The highest BCUT2D eigenvalue weighted by molar-refractivity contribution is 5.88. The van der Waals surface area contributed by atoms with Gasteiger partial charge in [-0.25, -0.2) is 4.79 Å². The lowest BCUT2D eigenvalue weighted by Crippen LogP contribution is -2.62. The molecule has 1 N–H and O–H groups in total. The number of hydrogen-bond acceptors (Lipinski definition) is 4. The number of aromatic carboxylic acids is 1. The lowest BCUT2D eigenvalue weighted by atomic mass is 9.36. The number of amides is 1. The number of rotatable bonds is 9. The van der Waals surface area contributed by atoms with Crippen molar-refractivity contribution in [1.29, 1.82) is 0 Å². The summed E-state index contributed by atoms with van der Waals surface area (Å²) >= 11 is 0. The Morgan fingerprint density at radius 1 is 0.940 bits per heavy atom. The first-order chi connectivity index (χ1) is 23.5. The molecule has 6 nitrogen and oxygen atoms in total. The number of carboxylic acid groups (broad SMARTS) is 1. The van der Waals surface area contributed by atoms with Crippen LogP contribution in [0.1, 0.15) is 122 Å². The molecule has 272 valence electrons. The number of allylic oxidation sites excluding steroid dienone is 4. The molecule has 1 aromatic rings. The summed E-state index contributed by atoms with van der Waals surface area (Å²) in [7, 11) is 1.81. The lowest BCUT2D eigenvalue weighted by molar-refractivity contribution is -0.244. The Morgan fingerprint density at radius 3 is 2.26 bits per heavy atom. The molecule has 0 aromatic heterocycles. The molecule has 4 saturated carbocycles. The quantitative estimate of drug-likeness (QED) is 0.122. The molecule has 0 saturated heterocycles. The second kappa shape index (κ2) is 13.1. The van der Waals surface area contributed by atoms with Crippen molar-refractivity contribution in [3.63, 3.8) is 0 Å². The predicted molar refractivity (Wildman–Crippen MR) is 200 cm³/mol. The van der Waals surface area contributed by atoms with Crippen LogP contribution in [-0.2, 0) is 4.79 Å². The molecule has 6 heteroatoms. The molecule has 0 spiro atoms. The van der Waals surface area contributed by atoms with Gasteiger partial charge >= 0.3 is 5.97 Å². The smallest absolute Gasteiger partial charge is 0.335 e. The Balaban J connectivity index is 1.29. The van der Waals surface area contributed by atoms with Gasteiger partial charge in [-0.1, -0.05) is 64.6 Å². The van der Waals surface area contributed by atoms with Crippen molar-refractivity contribution < 1.29 is 19.8 Å². The Bertz CT molecular complexity index is 1600. The van der Waals surface area contributed by atoms with Crippen LogP contribution in [0.4, 0.5) is 0 Å². The second-order valence-corrected chi connectivity index (χ2v) is 18.1. The van der Waals surface area contributed by atoms with E-state index in [0.29, 0.717) is 48.7 Å². The Morgan fingerprint density at radius 2 is 1.62 bits per heavy atom. The van der Waals surface area contributed by atoms with Gasteiger partial charge < -0.3 is 20.1 Å². The van der Waals surface area contributed by atoms with Gasteiger partial charge in [0.25, 0.3) is 0 Å². The molecule has 0 heterocycles. The van der Waals surface area contributed by atoms with E-state index in [9.17, 15) is 19.8 Å². The molecular formula is C44H61N2O4-. The van der Waals surface area contributed by atoms with E-state index in [-0.39, 0.29) is 39.9 Å². The van der Waals surface area contributed by atoms with E-state index in [4.69, 9.17) is 4.99 Å². The van der Waals surface area contributed by atoms with Crippen molar-refractivity contribution >= 4 is 23.3 Å². The number of benzene rings is 1.